The predicted molar refractivity (Wildman–Crippen MR) is 212 cm³/mol. The SMILES string of the molecule is C=CCOC(=O)[C@H](CCCCNC(=O)OC(Cl)c1ccccc1)N(C[C@H]1COC(C)(C)N1C(=O)OC(C)(C)C)C(=O)OCC1c2ccccc2-c2ccccc21. The van der Waals surface area contributed by atoms with E-state index in [1.807, 2.05) is 54.6 Å². The van der Waals surface area contributed by atoms with E-state index in [4.69, 9.17) is 35.3 Å². The van der Waals surface area contributed by atoms with Gasteiger partial charge in [0.15, 0.2) is 0 Å². The van der Waals surface area contributed by atoms with Crippen molar-refractivity contribution in [3.63, 3.8) is 0 Å². The molecule has 1 heterocycles. The quantitative estimate of drug-likeness (QED) is 0.0529. The molecule has 0 bridgehead atoms. The van der Waals surface area contributed by atoms with Gasteiger partial charge in [0.2, 0.25) is 5.56 Å². The van der Waals surface area contributed by atoms with Crippen LogP contribution in [0.25, 0.3) is 11.1 Å². The number of esters is 1. The Morgan fingerprint density at radius 1 is 0.964 bits per heavy atom. The molecule has 13 heteroatoms. The number of fused-ring (bicyclic) bond motifs is 3. The van der Waals surface area contributed by atoms with Crippen molar-refractivity contribution in [2.24, 2.45) is 0 Å². The van der Waals surface area contributed by atoms with E-state index in [2.05, 4.69) is 11.9 Å². The monoisotopic (exact) mass is 789 g/mol. The number of unbranched alkanes of at least 4 members (excludes halogenated alkanes) is 1. The smallest absolute Gasteiger partial charge is 0.412 e. The fourth-order valence-electron chi connectivity index (χ4n) is 7.03. The Bertz CT molecular complexity index is 1800. The number of halogens is 1. The van der Waals surface area contributed by atoms with Crippen molar-refractivity contribution in [1.82, 2.24) is 15.1 Å². The van der Waals surface area contributed by atoms with Gasteiger partial charge in [-0.3, -0.25) is 9.80 Å². The first-order chi connectivity index (χ1) is 26.7. The zero-order chi connectivity index (χ0) is 40.5. The van der Waals surface area contributed by atoms with Gasteiger partial charge in [-0.15, -0.1) is 0 Å². The van der Waals surface area contributed by atoms with E-state index in [0.717, 1.165) is 22.3 Å². The Labute approximate surface area is 334 Å². The molecule has 3 amide bonds. The van der Waals surface area contributed by atoms with Crippen molar-refractivity contribution in [3.05, 3.63) is 108 Å². The maximum atomic E-state index is 14.4. The van der Waals surface area contributed by atoms with Gasteiger partial charge in [0.1, 0.15) is 30.6 Å². The number of hydrogen-bond donors (Lipinski definition) is 1. The number of benzene rings is 3. The van der Waals surface area contributed by atoms with E-state index in [9.17, 15) is 19.2 Å². The van der Waals surface area contributed by atoms with Crippen molar-refractivity contribution in [3.8, 4) is 11.1 Å². The summed E-state index contributed by atoms with van der Waals surface area (Å²) >= 11 is 6.26. The van der Waals surface area contributed by atoms with Crippen LogP contribution in [0, 0.1) is 0 Å². The molecule has 1 aliphatic carbocycles. The van der Waals surface area contributed by atoms with E-state index in [1.165, 1.54) is 15.9 Å². The summed E-state index contributed by atoms with van der Waals surface area (Å²) in [6.45, 7) is 12.6. The van der Waals surface area contributed by atoms with Crippen LogP contribution in [0.15, 0.2) is 91.5 Å². The van der Waals surface area contributed by atoms with Gasteiger partial charge in [-0.05, 0) is 76.1 Å². The Morgan fingerprint density at radius 2 is 1.59 bits per heavy atom. The molecule has 0 aromatic heterocycles. The number of amides is 3. The van der Waals surface area contributed by atoms with Gasteiger partial charge in [0, 0.05) is 24.6 Å². The van der Waals surface area contributed by atoms with Gasteiger partial charge in [-0.1, -0.05) is 103 Å². The van der Waals surface area contributed by atoms with Crippen LogP contribution < -0.4 is 5.32 Å². The molecule has 1 fully saturated rings. The van der Waals surface area contributed by atoms with Crippen LogP contribution >= 0.6 is 11.6 Å². The average Bonchev–Trinajstić information content (AvgIpc) is 3.65. The zero-order valence-electron chi connectivity index (χ0n) is 32.7. The topological polar surface area (TPSA) is 133 Å². The van der Waals surface area contributed by atoms with Crippen LogP contribution in [0.5, 0.6) is 0 Å². The molecule has 3 atom stereocenters. The van der Waals surface area contributed by atoms with Crippen LogP contribution in [-0.4, -0.2) is 90.4 Å². The molecular formula is C43H52ClN3O9. The molecule has 0 spiro atoms. The highest BCUT2D eigenvalue weighted by Crippen LogP contribution is 2.44. The minimum atomic E-state index is -1.12. The average molecular weight is 790 g/mol. The molecule has 3 aromatic carbocycles. The van der Waals surface area contributed by atoms with Crippen LogP contribution in [-0.2, 0) is 28.5 Å². The molecular weight excluding hydrogens is 738 g/mol. The van der Waals surface area contributed by atoms with Crippen molar-refractivity contribution < 1.29 is 42.9 Å². The lowest BCUT2D eigenvalue weighted by Gasteiger charge is -2.38. The van der Waals surface area contributed by atoms with E-state index in [1.54, 1.807) is 58.9 Å². The minimum Gasteiger partial charge on any atom is -0.460 e. The number of nitrogens with one attached hydrogen (secondary N) is 1. The molecule has 56 heavy (non-hydrogen) atoms. The summed E-state index contributed by atoms with van der Waals surface area (Å²) in [6.07, 6.45) is 0.363. The van der Waals surface area contributed by atoms with Crippen LogP contribution in [0.3, 0.4) is 0 Å². The van der Waals surface area contributed by atoms with Crippen molar-refractivity contribution in [1.29, 1.82) is 0 Å². The third kappa shape index (κ3) is 10.6. The summed E-state index contributed by atoms with van der Waals surface area (Å²) in [4.78, 5) is 57.1. The number of alkyl carbamates (subject to hydrolysis) is 1. The number of rotatable bonds is 15. The van der Waals surface area contributed by atoms with Gasteiger partial charge in [-0.2, -0.15) is 0 Å². The molecule has 5 rings (SSSR count). The summed E-state index contributed by atoms with van der Waals surface area (Å²) in [5, 5.41) is 2.69. The highest BCUT2D eigenvalue weighted by atomic mass is 35.5. The lowest BCUT2D eigenvalue weighted by molar-refractivity contribution is -0.148. The number of nitrogens with zero attached hydrogens (tertiary/aromatic N) is 2. The Hall–Kier alpha value is -5.07. The lowest BCUT2D eigenvalue weighted by atomic mass is 9.98. The van der Waals surface area contributed by atoms with Crippen LogP contribution in [0.1, 0.15) is 82.1 Å². The standard InChI is InChI=1S/C43H52ClN3O9/c1-7-25-52-38(48)36(23-15-16-24-45-39(49)55-37(44)29-17-9-8-10-18-29)46(26-30-27-54-43(5,6)47(30)41(51)56-42(2,3)4)40(50)53-28-35-33-21-13-11-19-31(33)32-20-12-14-22-34(32)35/h7-14,17-22,30,35-37H,1,15-16,23-28H2,2-6H3,(H,45,49)/t30-,36-,37?/m0/s1. The van der Waals surface area contributed by atoms with Gasteiger partial charge < -0.3 is 29.0 Å². The van der Waals surface area contributed by atoms with Crippen LogP contribution in [0.4, 0.5) is 14.4 Å². The molecule has 12 nitrogen and oxygen atoms in total. The van der Waals surface area contributed by atoms with E-state index < -0.39 is 53.2 Å². The van der Waals surface area contributed by atoms with Crippen molar-refractivity contribution in [2.45, 2.75) is 88.8 Å². The highest BCUT2D eigenvalue weighted by molar-refractivity contribution is 6.20. The third-order valence-corrected chi connectivity index (χ3v) is 9.92. The van der Waals surface area contributed by atoms with Gasteiger partial charge in [-0.25, -0.2) is 19.2 Å². The summed E-state index contributed by atoms with van der Waals surface area (Å²) in [5.74, 6) is -0.896. The molecule has 1 saturated heterocycles. The Morgan fingerprint density at radius 3 is 2.21 bits per heavy atom. The normalized spacial score (nSPS) is 16.8. The fraction of sp³-hybridized carbons (Fsp3) is 0.442. The van der Waals surface area contributed by atoms with Crippen molar-refractivity contribution in [2.75, 3.05) is 32.9 Å². The maximum Gasteiger partial charge on any atom is 0.412 e. The van der Waals surface area contributed by atoms with E-state index in [-0.39, 0.29) is 45.2 Å². The lowest BCUT2D eigenvalue weighted by Crippen LogP contribution is -2.56. The first-order valence-electron chi connectivity index (χ1n) is 18.9. The third-order valence-electron chi connectivity index (χ3n) is 9.58. The molecule has 3 aromatic rings. The van der Waals surface area contributed by atoms with E-state index in [0.29, 0.717) is 18.4 Å². The molecule has 0 radical (unpaired) electrons. The summed E-state index contributed by atoms with van der Waals surface area (Å²) in [7, 11) is 0. The van der Waals surface area contributed by atoms with E-state index >= 15 is 0 Å². The second kappa shape index (κ2) is 18.7. The number of carbonyl (C=O) groups excluding carboxylic acids is 4. The first kappa shape index (κ1) is 42.1. The largest absolute Gasteiger partial charge is 0.460 e. The van der Waals surface area contributed by atoms with Gasteiger partial charge >= 0.3 is 24.2 Å². The van der Waals surface area contributed by atoms with Gasteiger partial charge in [0.25, 0.3) is 0 Å². The molecule has 2 aliphatic rings. The van der Waals surface area contributed by atoms with Crippen LogP contribution in [0.2, 0.25) is 0 Å². The highest BCUT2D eigenvalue weighted by Gasteiger charge is 2.48. The first-order valence-corrected chi connectivity index (χ1v) is 19.3. The minimum absolute atomic E-state index is 0.0107. The Kier molecular flexibility index (Phi) is 14.1. The molecule has 1 aliphatic heterocycles. The Balaban J connectivity index is 1.35. The number of carbonyl (C=O) groups is 4. The molecule has 300 valence electrons. The maximum absolute atomic E-state index is 14.4. The molecule has 1 unspecified atom stereocenters. The molecule has 0 saturated carbocycles. The number of alkyl halides is 1. The molecule has 1 N–H and O–H groups in total. The number of ether oxygens (including phenoxy) is 5. The second-order valence-electron chi connectivity index (χ2n) is 15.2. The predicted octanol–water partition coefficient (Wildman–Crippen LogP) is 8.54. The zero-order valence-corrected chi connectivity index (χ0v) is 33.5. The fourth-order valence-corrected chi connectivity index (χ4v) is 7.26. The second-order valence-corrected chi connectivity index (χ2v) is 15.6. The summed E-state index contributed by atoms with van der Waals surface area (Å²) < 4.78 is 28.7. The summed E-state index contributed by atoms with van der Waals surface area (Å²) in [5.41, 5.74) is 2.03. The van der Waals surface area contributed by atoms with Crippen molar-refractivity contribution >= 4 is 35.8 Å². The summed E-state index contributed by atoms with van der Waals surface area (Å²) in [6, 6.07) is 23.1. The van der Waals surface area contributed by atoms with Gasteiger partial charge in [0.05, 0.1) is 12.6 Å². The number of hydrogen-bond acceptors (Lipinski definition) is 9.